The van der Waals surface area contributed by atoms with Crippen LogP contribution in [0.4, 0.5) is 0 Å². The van der Waals surface area contributed by atoms with Gasteiger partial charge in [-0.15, -0.1) is 9.41 Å². The Morgan fingerprint density at radius 1 is 1.50 bits per heavy atom. The van der Waals surface area contributed by atoms with Crippen molar-refractivity contribution in [2.75, 3.05) is 0 Å². The Balaban J connectivity index is 2.73. The molecule has 0 aromatic rings. The lowest BCUT2D eigenvalue weighted by Gasteiger charge is -2.20. The molecular weight excluding hydrogens is 164 g/mol. The van der Waals surface area contributed by atoms with E-state index < -0.39 is 10.3 Å². The molecule has 1 aliphatic rings. The van der Waals surface area contributed by atoms with E-state index in [1.807, 2.05) is 0 Å². The SMILES string of the molecule is O=S(=O)(O)N1C=CN([O-])O1. The van der Waals surface area contributed by atoms with Crippen molar-refractivity contribution in [2.45, 2.75) is 0 Å². The van der Waals surface area contributed by atoms with Crippen molar-refractivity contribution in [1.82, 2.24) is 9.70 Å². The van der Waals surface area contributed by atoms with Crippen LogP contribution in [0.3, 0.4) is 0 Å². The first kappa shape index (κ1) is 7.28. The largest absolute Gasteiger partial charge is 0.732 e. The van der Waals surface area contributed by atoms with Crippen molar-refractivity contribution in [1.29, 1.82) is 0 Å². The third kappa shape index (κ3) is 1.36. The molecule has 0 atom stereocenters. The molecule has 0 unspecified atom stereocenters. The number of hydroxylamine groups is 3. The second kappa shape index (κ2) is 2.09. The van der Waals surface area contributed by atoms with Crippen LogP contribution in [-0.2, 0) is 15.2 Å². The van der Waals surface area contributed by atoms with Crippen molar-refractivity contribution < 1.29 is 17.9 Å². The minimum Gasteiger partial charge on any atom is -0.732 e. The highest BCUT2D eigenvalue weighted by Crippen LogP contribution is 2.09. The van der Waals surface area contributed by atoms with Crippen LogP contribution < -0.4 is 0 Å². The normalized spacial score (nSPS) is 18.6. The molecular formula is C2H3N2O5S-. The summed E-state index contributed by atoms with van der Waals surface area (Å²) < 4.78 is 28.5. The van der Waals surface area contributed by atoms with Crippen molar-refractivity contribution in [3.05, 3.63) is 17.6 Å². The van der Waals surface area contributed by atoms with E-state index in [9.17, 15) is 13.6 Å². The van der Waals surface area contributed by atoms with E-state index in [2.05, 4.69) is 4.94 Å². The summed E-state index contributed by atoms with van der Waals surface area (Å²) in [7, 11) is -4.45. The van der Waals surface area contributed by atoms with Gasteiger partial charge in [0.05, 0.1) is 6.20 Å². The number of rotatable bonds is 1. The standard InChI is InChI=1S/C2H3N2O5S/c5-3-1-2-4(9-3)10(6,7)8/h1-2H,(H,6,7,8)/q-1. The fourth-order valence-corrected chi connectivity index (χ4v) is 0.720. The zero-order valence-corrected chi connectivity index (χ0v) is 5.35. The van der Waals surface area contributed by atoms with Gasteiger partial charge in [0.25, 0.3) is 0 Å². The highest BCUT2D eigenvalue weighted by molar-refractivity contribution is 7.83. The highest BCUT2D eigenvalue weighted by Gasteiger charge is 2.19. The predicted molar refractivity (Wildman–Crippen MR) is 28.8 cm³/mol. The Labute approximate surface area is 56.5 Å². The second-order valence-corrected chi connectivity index (χ2v) is 2.65. The van der Waals surface area contributed by atoms with Crippen molar-refractivity contribution >= 4 is 10.3 Å². The summed E-state index contributed by atoms with van der Waals surface area (Å²) in [6, 6.07) is 0. The van der Waals surface area contributed by atoms with Gasteiger partial charge in [0.15, 0.2) is 0 Å². The fraction of sp³-hybridized carbons (Fsp3) is 0. The molecule has 1 rings (SSSR count). The van der Waals surface area contributed by atoms with Crippen LogP contribution in [0.2, 0.25) is 0 Å². The molecule has 0 aromatic carbocycles. The zero-order chi connectivity index (χ0) is 7.78. The van der Waals surface area contributed by atoms with E-state index in [1.54, 1.807) is 0 Å². The first-order valence-electron chi connectivity index (χ1n) is 2.10. The highest BCUT2D eigenvalue weighted by atomic mass is 32.2. The van der Waals surface area contributed by atoms with E-state index in [4.69, 9.17) is 4.55 Å². The van der Waals surface area contributed by atoms with Crippen LogP contribution in [0.25, 0.3) is 0 Å². The van der Waals surface area contributed by atoms with Gasteiger partial charge in [-0.05, 0) is 0 Å². The summed E-state index contributed by atoms with van der Waals surface area (Å²) >= 11 is 0. The van der Waals surface area contributed by atoms with E-state index in [-0.39, 0.29) is 9.70 Å². The molecule has 10 heavy (non-hydrogen) atoms. The van der Waals surface area contributed by atoms with Gasteiger partial charge in [0.1, 0.15) is 0 Å². The van der Waals surface area contributed by atoms with Gasteiger partial charge in [0, 0.05) is 6.20 Å². The summed E-state index contributed by atoms with van der Waals surface area (Å²) in [4.78, 5) is 3.89. The maximum absolute atomic E-state index is 10.1. The average Bonchev–Trinajstić information content (AvgIpc) is 2.11. The van der Waals surface area contributed by atoms with Gasteiger partial charge in [-0.1, -0.05) is 0 Å². The molecule has 7 nitrogen and oxygen atoms in total. The van der Waals surface area contributed by atoms with Crippen LogP contribution in [-0.4, -0.2) is 22.7 Å². The van der Waals surface area contributed by atoms with Crippen LogP contribution in [0.15, 0.2) is 12.4 Å². The third-order valence-electron chi connectivity index (χ3n) is 0.698. The lowest BCUT2D eigenvalue weighted by atomic mass is 11.0. The van der Waals surface area contributed by atoms with E-state index in [1.165, 1.54) is 0 Å². The van der Waals surface area contributed by atoms with E-state index in [0.717, 1.165) is 12.4 Å². The summed E-state index contributed by atoms with van der Waals surface area (Å²) in [5.41, 5.74) is 0. The van der Waals surface area contributed by atoms with Gasteiger partial charge in [-0.3, -0.25) is 9.78 Å². The Kier molecular flexibility index (Phi) is 1.52. The summed E-state index contributed by atoms with van der Waals surface area (Å²) in [6.07, 6.45) is 1.55. The maximum Gasteiger partial charge on any atom is 0.384 e. The molecule has 0 aliphatic carbocycles. The van der Waals surface area contributed by atoms with Gasteiger partial charge < -0.3 is 5.21 Å². The van der Waals surface area contributed by atoms with Crippen LogP contribution in [0.1, 0.15) is 0 Å². The topological polar surface area (TPSA) is 93.1 Å². The van der Waals surface area contributed by atoms with E-state index in [0.29, 0.717) is 0 Å². The Morgan fingerprint density at radius 3 is 2.30 bits per heavy atom. The van der Waals surface area contributed by atoms with Crippen molar-refractivity contribution in [2.24, 2.45) is 0 Å². The molecule has 58 valence electrons. The quantitative estimate of drug-likeness (QED) is 0.515. The molecule has 0 amide bonds. The molecule has 0 radical (unpaired) electrons. The molecule has 1 heterocycles. The van der Waals surface area contributed by atoms with Gasteiger partial charge in [-0.25, -0.2) is 0 Å². The first-order valence-corrected chi connectivity index (χ1v) is 3.49. The van der Waals surface area contributed by atoms with Crippen molar-refractivity contribution in [3.63, 3.8) is 0 Å². The lowest BCUT2D eigenvalue weighted by molar-refractivity contribution is -0.189. The summed E-state index contributed by atoms with van der Waals surface area (Å²) in [6.45, 7) is 0. The maximum atomic E-state index is 10.1. The molecule has 0 saturated heterocycles. The monoisotopic (exact) mass is 167 g/mol. The van der Waals surface area contributed by atoms with Crippen LogP contribution in [0, 0.1) is 5.21 Å². The first-order chi connectivity index (χ1) is 4.50. The molecule has 8 heteroatoms. The van der Waals surface area contributed by atoms with E-state index >= 15 is 0 Å². The van der Waals surface area contributed by atoms with Gasteiger partial charge >= 0.3 is 10.3 Å². The number of hydrogen-bond donors (Lipinski definition) is 1. The predicted octanol–water partition coefficient (Wildman–Crippen LogP) is -0.778. The van der Waals surface area contributed by atoms with Gasteiger partial charge in [0.2, 0.25) is 0 Å². The van der Waals surface area contributed by atoms with Crippen LogP contribution >= 0.6 is 0 Å². The third-order valence-corrected chi connectivity index (χ3v) is 1.34. The smallest absolute Gasteiger partial charge is 0.384 e. The molecule has 0 bridgehead atoms. The molecule has 0 aromatic heterocycles. The lowest BCUT2D eigenvalue weighted by Crippen LogP contribution is -2.24. The van der Waals surface area contributed by atoms with Gasteiger partial charge in [-0.2, -0.15) is 8.42 Å². The fourth-order valence-electron chi connectivity index (χ4n) is 0.362. The summed E-state index contributed by atoms with van der Waals surface area (Å²) in [5.74, 6) is 0. The number of hydrogen-bond acceptors (Lipinski definition) is 5. The minimum atomic E-state index is -4.45. The minimum absolute atomic E-state index is 0.0278. The zero-order valence-electron chi connectivity index (χ0n) is 4.54. The Bertz CT molecular complexity index is 244. The molecule has 1 N–H and O–H groups in total. The average molecular weight is 167 g/mol. The second-order valence-electron chi connectivity index (χ2n) is 1.40. The molecule has 1 aliphatic heterocycles. The van der Waals surface area contributed by atoms with Crippen LogP contribution in [0.5, 0.6) is 0 Å². The Morgan fingerprint density at radius 2 is 2.10 bits per heavy atom. The number of nitrogens with zero attached hydrogens (tertiary/aromatic N) is 2. The Hall–Kier alpha value is -0.830. The molecule has 0 fully saturated rings. The summed E-state index contributed by atoms with van der Waals surface area (Å²) in [5, 5.41) is 9.97. The molecule has 0 spiro atoms. The van der Waals surface area contributed by atoms with Crippen molar-refractivity contribution in [3.8, 4) is 0 Å². The molecule has 0 saturated carbocycles.